The lowest BCUT2D eigenvalue weighted by atomic mass is 10.1. The van der Waals surface area contributed by atoms with Crippen molar-refractivity contribution >= 4 is 11.8 Å². The summed E-state index contributed by atoms with van der Waals surface area (Å²) in [6, 6.07) is 7.23. The first-order valence-electron chi connectivity index (χ1n) is 6.71. The van der Waals surface area contributed by atoms with E-state index in [1.807, 2.05) is 6.92 Å². The minimum Gasteiger partial charge on any atom is -0.495 e. The maximum atomic E-state index is 12.0. The summed E-state index contributed by atoms with van der Waals surface area (Å²) in [6.45, 7) is 2.92. The summed E-state index contributed by atoms with van der Waals surface area (Å²) in [7, 11) is 1.50. The van der Waals surface area contributed by atoms with Crippen molar-refractivity contribution in [1.29, 1.82) is 5.26 Å². The van der Waals surface area contributed by atoms with Crippen LogP contribution in [0.4, 0.5) is 0 Å². The predicted octanol–water partition coefficient (Wildman–Crippen LogP) is 0.758. The van der Waals surface area contributed by atoms with Crippen LogP contribution in [0.2, 0.25) is 0 Å². The third kappa shape index (κ3) is 3.14. The lowest BCUT2D eigenvalue weighted by Crippen LogP contribution is -2.53. The average Bonchev–Trinajstić information content (AvgIpc) is 2.50. The number of likely N-dealkylation sites (N-methyl/N-ethyl adjacent to an activating group) is 1. The van der Waals surface area contributed by atoms with E-state index in [0.29, 0.717) is 24.4 Å². The van der Waals surface area contributed by atoms with E-state index in [4.69, 9.17) is 10.00 Å². The van der Waals surface area contributed by atoms with E-state index in [1.165, 1.54) is 16.9 Å². The number of hydrogen-bond acceptors (Lipinski definition) is 4. The van der Waals surface area contributed by atoms with Gasteiger partial charge >= 0.3 is 0 Å². The average molecular weight is 287 g/mol. The minimum absolute atomic E-state index is 0.0499. The summed E-state index contributed by atoms with van der Waals surface area (Å²) in [4.78, 5) is 26.9. The first-order valence-corrected chi connectivity index (χ1v) is 6.71. The van der Waals surface area contributed by atoms with Crippen LogP contribution in [-0.2, 0) is 16.1 Å². The van der Waals surface area contributed by atoms with Gasteiger partial charge in [0.2, 0.25) is 11.8 Å². The number of carbonyl (C=O) groups excluding carboxylic acids is 2. The maximum Gasteiger partial charge on any atom is 0.242 e. The van der Waals surface area contributed by atoms with Crippen molar-refractivity contribution < 1.29 is 14.3 Å². The van der Waals surface area contributed by atoms with Gasteiger partial charge in [-0.25, -0.2) is 0 Å². The number of piperazine rings is 1. The molecule has 21 heavy (non-hydrogen) atoms. The number of ether oxygens (including phenoxy) is 1. The number of carbonyl (C=O) groups is 2. The Kier molecular flexibility index (Phi) is 4.43. The van der Waals surface area contributed by atoms with Crippen LogP contribution in [0.25, 0.3) is 0 Å². The molecule has 0 radical (unpaired) electrons. The molecule has 0 aromatic heterocycles. The van der Waals surface area contributed by atoms with E-state index in [0.717, 1.165) is 5.56 Å². The minimum atomic E-state index is -0.0780. The third-order valence-electron chi connectivity index (χ3n) is 3.50. The molecule has 0 atom stereocenters. The molecule has 0 unspecified atom stereocenters. The molecule has 0 aliphatic carbocycles. The topological polar surface area (TPSA) is 73.6 Å². The zero-order valence-corrected chi connectivity index (χ0v) is 12.1. The number of nitrogens with zero attached hydrogens (tertiary/aromatic N) is 3. The number of rotatable bonds is 4. The molecule has 1 aromatic rings. The summed E-state index contributed by atoms with van der Waals surface area (Å²) in [5, 5.41) is 9.07. The molecular formula is C15H17N3O3. The molecule has 2 amide bonds. The van der Waals surface area contributed by atoms with E-state index in [2.05, 4.69) is 6.07 Å². The van der Waals surface area contributed by atoms with Crippen LogP contribution in [0.15, 0.2) is 18.2 Å². The Morgan fingerprint density at radius 3 is 2.52 bits per heavy atom. The highest BCUT2D eigenvalue weighted by Gasteiger charge is 2.28. The molecule has 1 heterocycles. The first kappa shape index (κ1) is 14.9. The van der Waals surface area contributed by atoms with Crippen molar-refractivity contribution in [2.45, 2.75) is 13.5 Å². The second-order valence-electron chi connectivity index (χ2n) is 4.80. The standard InChI is InChI=1S/C15H17N3O3/c1-3-17-9-15(20)18(10-14(17)19)8-11-4-5-13(21-2)12(6-11)7-16/h4-6H,3,8-10H2,1-2H3. The van der Waals surface area contributed by atoms with Gasteiger partial charge in [-0.1, -0.05) is 6.07 Å². The van der Waals surface area contributed by atoms with Gasteiger partial charge < -0.3 is 14.5 Å². The highest BCUT2D eigenvalue weighted by Crippen LogP contribution is 2.20. The molecule has 0 bridgehead atoms. The molecule has 2 rings (SSSR count). The zero-order valence-electron chi connectivity index (χ0n) is 12.1. The van der Waals surface area contributed by atoms with E-state index >= 15 is 0 Å². The molecule has 1 aliphatic rings. The molecule has 110 valence electrons. The number of nitriles is 1. The maximum absolute atomic E-state index is 12.0. The second kappa shape index (κ2) is 6.27. The Morgan fingerprint density at radius 2 is 1.90 bits per heavy atom. The summed E-state index contributed by atoms with van der Waals surface area (Å²) in [5.41, 5.74) is 1.22. The van der Waals surface area contributed by atoms with Crippen molar-refractivity contribution in [3.05, 3.63) is 29.3 Å². The number of hydrogen-bond donors (Lipinski definition) is 0. The third-order valence-corrected chi connectivity index (χ3v) is 3.50. The van der Waals surface area contributed by atoms with Gasteiger partial charge in [0.25, 0.3) is 0 Å². The molecule has 6 nitrogen and oxygen atoms in total. The normalized spacial score (nSPS) is 15.1. The van der Waals surface area contributed by atoms with E-state index in [9.17, 15) is 9.59 Å². The molecule has 1 aliphatic heterocycles. The molecule has 1 aromatic carbocycles. The van der Waals surface area contributed by atoms with Gasteiger partial charge in [0.1, 0.15) is 18.4 Å². The summed E-state index contributed by atoms with van der Waals surface area (Å²) < 4.78 is 5.08. The lowest BCUT2D eigenvalue weighted by molar-refractivity contribution is -0.150. The SMILES string of the molecule is CCN1CC(=O)N(Cc2ccc(OC)c(C#N)c2)CC1=O. The van der Waals surface area contributed by atoms with Gasteiger partial charge in [0, 0.05) is 13.1 Å². The van der Waals surface area contributed by atoms with Crippen molar-refractivity contribution in [1.82, 2.24) is 9.80 Å². The molecule has 0 spiro atoms. The van der Waals surface area contributed by atoms with Gasteiger partial charge in [-0.05, 0) is 24.6 Å². The van der Waals surface area contributed by atoms with Crippen LogP contribution in [0, 0.1) is 11.3 Å². The summed E-state index contributed by atoms with van der Waals surface area (Å²) >= 11 is 0. The largest absolute Gasteiger partial charge is 0.495 e. The Bertz CT molecular complexity index is 607. The van der Waals surface area contributed by atoms with Crippen molar-refractivity contribution in [2.75, 3.05) is 26.7 Å². The van der Waals surface area contributed by atoms with E-state index in [1.54, 1.807) is 18.2 Å². The van der Waals surface area contributed by atoms with Gasteiger partial charge in [0.15, 0.2) is 0 Å². The fourth-order valence-corrected chi connectivity index (χ4v) is 2.30. The summed E-state index contributed by atoms with van der Waals surface area (Å²) in [5.74, 6) is 0.372. The predicted molar refractivity (Wildman–Crippen MR) is 75.4 cm³/mol. The van der Waals surface area contributed by atoms with Crippen molar-refractivity contribution in [3.63, 3.8) is 0 Å². The zero-order chi connectivity index (χ0) is 15.4. The smallest absolute Gasteiger partial charge is 0.242 e. The van der Waals surface area contributed by atoms with Crippen LogP contribution < -0.4 is 4.74 Å². The van der Waals surface area contributed by atoms with Crippen molar-refractivity contribution in [3.8, 4) is 11.8 Å². The van der Waals surface area contributed by atoms with E-state index < -0.39 is 0 Å². The molecule has 0 saturated carbocycles. The Labute approximate surface area is 123 Å². The van der Waals surface area contributed by atoms with E-state index in [-0.39, 0.29) is 24.9 Å². The molecule has 0 N–H and O–H groups in total. The second-order valence-corrected chi connectivity index (χ2v) is 4.80. The van der Waals surface area contributed by atoms with Gasteiger partial charge in [0.05, 0.1) is 19.2 Å². The number of amides is 2. The molecular weight excluding hydrogens is 270 g/mol. The lowest BCUT2D eigenvalue weighted by Gasteiger charge is -2.33. The highest BCUT2D eigenvalue weighted by atomic mass is 16.5. The highest BCUT2D eigenvalue weighted by molar-refractivity contribution is 5.92. The van der Waals surface area contributed by atoms with Gasteiger partial charge in [-0.2, -0.15) is 5.26 Å². The Balaban J connectivity index is 2.14. The molecule has 1 saturated heterocycles. The monoisotopic (exact) mass is 287 g/mol. The van der Waals surface area contributed by atoms with Crippen LogP contribution in [0.5, 0.6) is 5.75 Å². The van der Waals surface area contributed by atoms with Crippen LogP contribution >= 0.6 is 0 Å². The number of benzene rings is 1. The van der Waals surface area contributed by atoms with Crippen LogP contribution in [0.1, 0.15) is 18.1 Å². The first-order chi connectivity index (χ1) is 10.1. The van der Waals surface area contributed by atoms with Gasteiger partial charge in [-0.3, -0.25) is 9.59 Å². The Hall–Kier alpha value is -2.55. The van der Waals surface area contributed by atoms with Crippen molar-refractivity contribution in [2.24, 2.45) is 0 Å². The number of methoxy groups -OCH3 is 1. The molecule has 1 fully saturated rings. The Morgan fingerprint density at radius 1 is 1.24 bits per heavy atom. The fraction of sp³-hybridized carbons (Fsp3) is 0.400. The molecule has 6 heteroatoms. The van der Waals surface area contributed by atoms with Gasteiger partial charge in [-0.15, -0.1) is 0 Å². The summed E-state index contributed by atoms with van der Waals surface area (Å²) in [6.07, 6.45) is 0. The van der Waals surface area contributed by atoms with Crippen LogP contribution in [0.3, 0.4) is 0 Å². The quantitative estimate of drug-likeness (QED) is 0.819. The van der Waals surface area contributed by atoms with Crippen LogP contribution in [-0.4, -0.2) is 48.4 Å². The fourth-order valence-electron chi connectivity index (χ4n) is 2.30.